The molecule has 3 aromatic rings. The van der Waals surface area contributed by atoms with E-state index in [0.717, 1.165) is 11.1 Å². The molecular formula is C23H17Cl2N3O4. The van der Waals surface area contributed by atoms with E-state index in [1.165, 1.54) is 0 Å². The van der Waals surface area contributed by atoms with Crippen LogP contribution in [0.25, 0.3) is 11.1 Å². The predicted molar refractivity (Wildman–Crippen MR) is 125 cm³/mol. The zero-order valence-electron chi connectivity index (χ0n) is 16.5. The van der Waals surface area contributed by atoms with E-state index in [4.69, 9.17) is 28.3 Å². The molecule has 0 aliphatic rings. The fraction of sp³-hybridized carbons (Fsp3) is 0. The van der Waals surface area contributed by atoms with Crippen LogP contribution in [0.15, 0.2) is 79.0 Å². The van der Waals surface area contributed by atoms with Crippen LogP contribution in [-0.2, 0) is 4.79 Å². The second-order valence-electron chi connectivity index (χ2n) is 6.60. The van der Waals surface area contributed by atoms with E-state index in [9.17, 15) is 14.4 Å². The van der Waals surface area contributed by atoms with Gasteiger partial charge in [-0.05, 0) is 53.6 Å². The lowest BCUT2D eigenvalue weighted by atomic mass is 10.0. The van der Waals surface area contributed by atoms with Crippen molar-refractivity contribution in [3.8, 4) is 11.1 Å². The normalized spacial score (nSPS) is 10.2. The fourth-order valence-corrected chi connectivity index (χ4v) is 3.04. The van der Waals surface area contributed by atoms with Crippen LogP contribution in [0.5, 0.6) is 0 Å². The van der Waals surface area contributed by atoms with Crippen LogP contribution in [0, 0.1) is 0 Å². The molecule has 3 aromatic carbocycles. The van der Waals surface area contributed by atoms with Crippen molar-refractivity contribution in [3.05, 3.63) is 94.6 Å². The van der Waals surface area contributed by atoms with Gasteiger partial charge in [0.05, 0.1) is 10.7 Å². The number of carboxylic acid groups (broad SMARTS) is 1. The SMILES string of the molecule is C=C(NC(=O)c1ccc(-c2ccc(NC(=O)Nc3cc(Cl)ccc3Cl)cc2)cc1)C(=O)O. The molecule has 0 aliphatic heterocycles. The van der Waals surface area contributed by atoms with E-state index >= 15 is 0 Å². The molecule has 0 bridgehead atoms. The van der Waals surface area contributed by atoms with Crippen LogP contribution in [0.2, 0.25) is 10.0 Å². The highest BCUT2D eigenvalue weighted by molar-refractivity contribution is 6.35. The molecule has 0 radical (unpaired) electrons. The van der Waals surface area contributed by atoms with Crippen molar-refractivity contribution < 1.29 is 19.5 Å². The number of hydrogen-bond acceptors (Lipinski definition) is 3. The van der Waals surface area contributed by atoms with Gasteiger partial charge >= 0.3 is 12.0 Å². The van der Waals surface area contributed by atoms with Gasteiger partial charge in [-0.15, -0.1) is 0 Å². The van der Waals surface area contributed by atoms with Crippen LogP contribution >= 0.6 is 23.2 Å². The molecule has 7 nitrogen and oxygen atoms in total. The Hall–Kier alpha value is -3.81. The number of benzene rings is 3. The van der Waals surface area contributed by atoms with Crippen LogP contribution in [0.4, 0.5) is 16.2 Å². The Morgan fingerprint density at radius 2 is 1.41 bits per heavy atom. The maximum atomic E-state index is 12.2. The Morgan fingerprint density at radius 3 is 2.00 bits per heavy atom. The molecule has 0 unspecified atom stereocenters. The Balaban J connectivity index is 1.63. The number of nitrogens with one attached hydrogen (secondary N) is 3. The lowest BCUT2D eigenvalue weighted by Gasteiger charge is -2.10. The number of carbonyl (C=O) groups is 3. The van der Waals surface area contributed by atoms with Gasteiger partial charge in [-0.25, -0.2) is 9.59 Å². The van der Waals surface area contributed by atoms with E-state index < -0.39 is 23.6 Å². The second kappa shape index (κ2) is 10.00. The number of anilines is 2. The van der Waals surface area contributed by atoms with Crippen molar-refractivity contribution in [2.24, 2.45) is 0 Å². The largest absolute Gasteiger partial charge is 0.477 e. The number of amides is 3. The molecule has 0 spiro atoms. The van der Waals surface area contributed by atoms with Gasteiger partial charge in [0, 0.05) is 16.3 Å². The van der Waals surface area contributed by atoms with Gasteiger partial charge in [-0.3, -0.25) is 4.79 Å². The minimum atomic E-state index is -1.30. The van der Waals surface area contributed by atoms with Gasteiger partial charge in [-0.1, -0.05) is 54.0 Å². The van der Waals surface area contributed by atoms with E-state index in [2.05, 4.69) is 22.5 Å². The molecule has 162 valence electrons. The number of rotatable bonds is 6. The summed E-state index contributed by atoms with van der Waals surface area (Å²) in [6.45, 7) is 3.27. The smallest absolute Gasteiger partial charge is 0.351 e. The molecule has 0 atom stereocenters. The van der Waals surface area contributed by atoms with Crippen molar-refractivity contribution in [2.45, 2.75) is 0 Å². The zero-order chi connectivity index (χ0) is 23.3. The lowest BCUT2D eigenvalue weighted by molar-refractivity contribution is -0.132. The summed E-state index contributed by atoms with van der Waals surface area (Å²) < 4.78 is 0. The number of carbonyl (C=O) groups excluding carboxylic acids is 2. The standard InChI is InChI=1S/C23H17Cl2N3O4/c1-13(22(30)31)26-21(29)16-4-2-14(3-5-16)15-6-9-18(10-7-15)27-23(32)28-20-12-17(24)8-11-19(20)25/h2-12H,1H2,(H,26,29)(H,30,31)(H2,27,28,32). The Bertz CT molecular complexity index is 1190. The Kier molecular flexibility index (Phi) is 7.14. The molecule has 3 rings (SSSR count). The van der Waals surface area contributed by atoms with Crippen molar-refractivity contribution in [3.63, 3.8) is 0 Å². The summed E-state index contributed by atoms with van der Waals surface area (Å²) in [6, 6.07) is 18.0. The third kappa shape index (κ3) is 5.87. The van der Waals surface area contributed by atoms with E-state index in [1.807, 2.05) is 12.1 Å². The van der Waals surface area contributed by atoms with E-state index in [-0.39, 0.29) is 0 Å². The number of carboxylic acids is 1. The van der Waals surface area contributed by atoms with E-state index in [0.29, 0.717) is 27.0 Å². The summed E-state index contributed by atoms with van der Waals surface area (Å²) in [4.78, 5) is 35.0. The van der Waals surface area contributed by atoms with Gasteiger partial charge in [0.1, 0.15) is 5.70 Å². The van der Waals surface area contributed by atoms with Crippen molar-refractivity contribution in [1.29, 1.82) is 0 Å². The van der Waals surface area contributed by atoms with Crippen LogP contribution in [0.1, 0.15) is 10.4 Å². The average molecular weight is 470 g/mol. The predicted octanol–water partition coefficient (Wildman–Crippen LogP) is 5.63. The first-order valence-corrected chi connectivity index (χ1v) is 9.95. The first kappa shape index (κ1) is 22.9. The van der Waals surface area contributed by atoms with E-state index in [1.54, 1.807) is 54.6 Å². The molecule has 3 amide bonds. The van der Waals surface area contributed by atoms with Crippen molar-refractivity contribution >= 4 is 52.5 Å². The Labute approximate surface area is 193 Å². The van der Waals surface area contributed by atoms with Gasteiger partial charge in [0.15, 0.2) is 0 Å². The summed E-state index contributed by atoms with van der Waals surface area (Å²) in [5.74, 6) is -1.86. The molecule has 0 heterocycles. The molecule has 9 heteroatoms. The first-order chi connectivity index (χ1) is 15.2. The third-order valence-electron chi connectivity index (χ3n) is 4.32. The van der Waals surface area contributed by atoms with Crippen LogP contribution < -0.4 is 16.0 Å². The van der Waals surface area contributed by atoms with Crippen LogP contribution in [0.3, 0.4) is 0 Å². The highest BCUT2D eigenvalue weighted by atomic mass is 35.5. The monoisotopic (exact) mass is 469 g/mol. The molecule has 0 saturated carbocycles. The molecular weight excluding hydrogens is 453 g/mol. The summed E-state index contributed by atoms with van der Waals surface area (Å²) in [5, 5.41) is 17.2. The van der Waals surface area contributed by atoms with Crippen LogP contribution in [-0.4, -0.2) is 23.0 Å². The number of hydrogen-bond donors (Lipinski definition) is 4. The van der Waals surface area contributed by atoms with Gasteiger partial charge in [0.25, 0.3) is 5.91 Å². The summed E-state index contributed by atoms with van der Waals surface area (Å²) in [6.07, 6.45) is 0. The molecule has 0 saturated heterocycles. The molecule has 0 aliphatic carbocycles. The van der Waals surface area contributed by atoms with Gasteiger partial charge < -0.3 is 21.1 Å². The average Bonchev–Trinajstić information content (AvgIpc) is 2.76. The summed E-state index contributed by atoms with van der Waals surface area (Å²) in [5.41, 5.74) is 2.54. The van der Waals surface area contributed by atoms with Crippen molar-refractivity contribution in [2.75, 3.05) is 10.6 Å². The maximum absolute atomic E-state index is 12.2. The topological polar surface area (TPSA) is 108 Å². The minimum Gasteiger partial charge on any atom is -0.477 e. The molecule has 4 N–H and O–H groups in total. The first-order valence-electron chi connectivity index (χ1n) is 9.20. The third-order valence-corrected chi connectivity index (χ3v) is 4.89. The van der Waals surface area contributed by atoms with Gasteiger partial charge in [-0.2, -0.15) is 0 Å². The maximum Gasteiger partial charge on any atom is 0.351 e. The molecule has 0 fully saturated rings. The summed E-state index contributed by atoms with van der Waals surface area (Å²) >= 11 is 12.0. The van der Waals surface area contributed by atoms with Crippen molar-refractivity contribution in [1.82, 2.24) is 5.32 Å². The van der Waals surface area contributed by atoms with Gasteiger partial charge in [0.2, 0.25) is 0 Å². The Morgan fingerprint density at radius 1 is 0.812 bits per heavy atom. The number of halogens is 2. The lowest BCUT2D eigenvalue weighted by Crippen LogP contribution is -2.26. The molecule has 32 heavy (non-hydrogen) atoms. The highest BCUT2D eigenvalue weighted by Gasteiger charge is 2.11. The summed E-state index contributed by atoms with van der Waals surface area (Å²) in [7, 11) is 0. The molecule has 0 aromatic heterocycles. The number of aliphatic carboxylic acids is 1. The second-order valence-corrected chi connectivity index (χ2v) is 7.44. The highest BCUT2D eigenvalue weighted by Crippen LogP contribution is 2.26. The number of urea groups is 1. The fourth-order valence-electron chi connectivity index (χ4n) is 2.70. The minimum absolute atomic E-state index is 0.297. The zero-order valence-corrected chi connectivity index (χ0v) is 18.0. The quantitative estimate of drug-likeness (QED) is 0.350.